The molecule has 1 saturated carbocycles. The van der Waals surface area contributed by atoms with Crippen LogP contribution < -0.4 is 27.0 Å². The van der Waals surface area contributed by atoms with E-state index in [1.807, 2.05) is 13.0 Å². The number of unbranched alkanes of at least 4 members (excludes halogenated alkanes) is 1. The molecule has 3 rings (SSSR count). The SMILES string of the molecule is CCNC(=O)CCC(=O)NCCCC[C@H](NC(=O)[C@@H](CC1CCCCC1)N(C)S(=O)(=O)Cc1ccccc1)C(=O)NCc1ccc(C(=N)N)cc1. The number of amides is 4. The molecule has 51 heavy (non-hydrogen) atoms. The normalized spacial score (nSPS) is 14.6. The Morgan fingerprint density at radius 1 is 0.863 bits per heavy atom. The van der Waals surface area contributed by atoms with Crippen LogP contribution in [0, 0.1) is 11.3 Å². The number of nitrogens with two attached hydrogens (primary N) is 1. The van der Waals surface area contributed by atoms with Gasteiger partial charge in [0.1, 0.15) is 17.9 Å². The van der Waals surface area contributed by atoms with E-state index in [-0.39, 0.29) is 55.1 Å². The molecule has 13 nitrogen and oxygen atoms in total. The number of nitrogen functional groups attached to an aromatic ring is 1. The number of likely N-dealkylation sites (N-methyl/N-ethyl adjacent to an activating group) is 1. The third-order valence-corrected chi connectivity index (χ3v) is 11.0. The highest BCUT2D eigenvalue weighted by Crippen LogP contribution is 2.29. The van der Waals surface area contributed by atoms with Crippen LogP contribution in [0.25, 0.3) is 0 Å². The van der Waals surface area contributed by atoms with Crippen LogP contribution in [0.4, 0.5) is 0 Å². The Hall–Kier alpha value is -4.30. The Morgan fingerprint density at radius 2 is 1.51 bits per heavy atom. The molecular weight excluding hydrogens is 671 g/mol. The first kappa shape index (κ1) is 41.1. The summed E-state index contributed by atoms with van der Waals surface area (Å²) >= 11 is 0. The van der Waals surface area contributed by atoms with E-state index in [2.05, 4.69) is 21.3 Å². The molecule has 0 unspecified atom stereocenters. The summed E-state index contributed by atoms with van der Waals surface area (Å²) in [5.41, 5.74) is 7.51. The van der Waals surface area contributed by atoms with Crippen molar-refractivity contribution in [2.75, 3.05) is 20.1 Å². The Balaban J connectivity index is 1.72. The highest BCUT2D eigenvalue weighted by Gasteiger charge is 2.36. The lowest BCUT2D eigenvalue weighted by Gasteiger charge is -2.32. The maximum absolute atomic E-state index is 14.1. The molecular formula is C37H55N7O6S. The van der Waals surface area contributed by atoms with Crippen LogP contribution in [0.3, 0.4) is 0 Å². The maximum atomic E-state index is 14.1. The monoisotopic (exact) mass is 725 g/mol. The lowest BCUT2D eigenvalue weighted by atomic mass is 9.84. The van der Waals surface area contributed by atoms with Gasteiger partial charge in [0.25, 0.3) is 0 Å². The zero-order valence-corrected chi connectivity index (χ0v) is 30.7. The van der Waals surface area contributed by atoms with Crippen LogP contribution in [0.5, 0.6) is 0 Å². The fourth-order valence-electron chi connectivity index (χ4n) is 6.19. The number of benzene rings is 2. The molecule has 1 aliphatic carbocycles. The minimum atomic E-state index is -3.88. The molecule has 1 aliphatic rings. The van der Waals surface area contributed by atoms with Crippen LogP contribution in [-0.4, -0.2) is 74.4 Å². The number of hydrogen-bond acceptors (Lipinski definition) is 7. The van der Waals surface area contributed by atoms with E-state index in [0.717, 1.165) is 37.7 Å². The van der Waals surface area contributed by atoms with Crippen molar-refractivity contribution in [3.8, 4) is 0 Å². The van der Waals surface area contributed by atoms with Crippen molar-refractivity contribution in [3.63, 3.8) is 0 Å². The first-order valence-electron chi connectivity index (χ1n) is 17.9. The molecule has 7 N–H and O–H groups in total. The standard InChI is InChI=1S/C37H55N7O6S/c1-3-40-33(45)21-22-34(46)41-23-11-10-16-31(36(47)42-25-28-17-19-30(20-18-28)35(38)39)43-37(48)32(24-27-12-6-4-7-13-27)44(2)51(49,50)26-29-14-8-5-9-15-29/h5,8-9,14-15,17-20,27,31-32H,3-4,6-7,10-13,16,21-26H2,1-2H3,(H3,38,39)(H,40,45)(H,41,46)(H,42,47)(H,43,48)/t31-,32+/m0/s1. The molecule has 0 spiro atoms. The average Bonchev–Trinajstić information content (AvgIpc) is 3.12. The van der Waals surface area contributed by atoms with Crippen molar-refractivity contribution in [3.05, 3.63) is 71.3 Å². The second-order valence-corrected chi connectivity index (χ2v) is 15.2. The van der Waals surface area contributed by atoms with E-state index in [0.29, 0.717) is 43.5 Å². The number of hydrogen-bond donors (Lipinski definition) is 6. The highest BCUT2D eigenvalue weighted by molar-refractivity contribution is 7.88. The van der Waals surface area contributed by atoms with Crippen molar-refractivity contribution in [2.45, 2.75) is 102 Å². The van der Waals surface area contributed by atoms with E-state index in [1.165, 1.54) is 11.4 Å². The van der Waals surface area contributed by atoms with Gasteiger partial charge < -0.3 is 27.0 Å². The Kier molecular flexibility index (Phi) is 17.1. The van der Waals surface area contributed by atoms with Gasteiger partial charge in [0.2, 0.25) is 33.7 Å². The van der Waals surface area contributed by atoms with E-state index >= 15 is 0 Å². The van der Waals surface area contributed by atoms with E-state index in [1.54, 1.807) is 48.5 Å². The first-order chi connectivity index (χ1) is 24.4. The van der Waals surface area contributed by atoms with E-state index in [9.17, 15) is 27.6 Å². The molecule has 0 aliphatic heterocycles. The second-order valence-electron chi connectivity index (χ2n) is 13.2. The number of carbonyl (C=O) groups is 4. The molecule has 0 heterocycles. The summed E-state index contributed by atoms with van der Waals surface area (Å²) in [5.74, 6) is -1.51. The van der Waals surface area contributed by atoms with Crippen molar-refractivity contribution in [2.24, 2.45) is 11.7 Å². The molecule has 0 radical (unpaired) electrons. The lowest BCUT2D eigenvalue weighted by Crippen LogP contribution is -2.54. The Labute approximate surface area is 302 Å². The summed E-state index contributed by atoms with van der Waals surface area (Å²) in [4.78, 5) is 51.5. The largest absolute Gasteiger partial charge is 0.384 e. The van der Waals surface area contributed by atoms with Crippen LogP contribution in [0.1, 0.15) is 94.2 Å². The quantitative estimate of drug-likeness (QED) is 0.0644. The number of sulfonamides is 1. The summed E-state index contributed by atoms with van der Waals surface area (Å²) in [5, 5.41) is 18.8. The summed E-state index contributed by atoms with van der Waals surface area (Å²) in [7, 11) is -2.44. The van der Waals surface area contributed by atoms with Crippen LogP contribution >= 0.6 is 0 Å². The van der Waals surface area contributed by atoms with Crippen molar-refractivity contribution < 1.29 is 27.6 Å². The van der Waals surface area contributed by atoms with Crippen LogP contribution in [-0.2, 0) is 41.5 Å². The van der Waals surface area contributed by atoms with Gasteiger partial charge >= 0.3 is 0 Å². The molecule has 280 valence electrons. The number of nitrogens with zero attached hydrogens (tertiary/aromatic N) is 1. The predicted octanol–water partition coefficient (Wildman–Crippen LogP) is 3.08. The van der Waals surface area contributed by atoms with Gasteiger partial charge in [0.15, 0.2) is 0 Å². The van der Waals surface area contributed by atoms with Gasteiger partial charge in [-0.15, -0.1) is 0 Å². The predicted molar refractivity (Wildman–Crippen MR) is 198 cm³/mol. The topological polar surface area (TPSA) is 204 Å². The lowest BCUT2D eigenvalue weighted by molar-refractivity contribution is -0.131. The maximum Gasteiger partial charge on any atom is 0.242 e. The smallest absolute Gasteiger partial charge is 0.242 e. The minimum Gasteiger partial charge on any atom is -0.384 e. The van der Waals surface area contributed by atoms with Gasteiger partial charge in [-0.25, -0.2) is 8.42 Å². The van der Waals surface area contributed by atoms with Crippen molar-refractivity contribution in [1.82, 2.24) is 25.6 Å². The van der Waals surface area contributed by atoms with Crippen LogP contribution in [0.15, 0.2) is 54.6 Å². The number of nitrogens with one attached hydrogen (secondary N) is 5. The van der Waals surface area contributed by atoms with Crippen molar-refractivity contribution in [1.29, 1.82) is 5.41 Å². The van der Waals surface area contributed by atoms with E-state index in [4.69, 9.17) is 11.1 Å². The Morgan fingerprint density at radius 3 is 2.14 bits per heavy atom. The number of rotatable bonds is 21. The fraction of sp³-hybridized carbons (Fsp3) is 0.541. The number of amidine groups is 1. The average molecular weight is 726 g/mol. The van der Waals surface area contributed by atoms with Crippen molar-refractivity contribution >= 4 is 39.5 Å². The summed E-state index contributed by atoms with van der Waals surface area (Å²) < 4.78 is 28.4. The molecule has 4 amide bonds. The zero-order chi connectivity index (χ0) is 37.2. The molecule has 0 aromatic heterocycles. The molecule has 2 aromatic carbocycles. The molecule has 2 aromatic rings. The Bertz CT molecular complexity index is 1550. The molecule has 14 heteroatoms. The fourth-order valence-corrected chi connectivity index (χ4v) is 7.58. The number of carbonyl (C=O) groups excluding carboxylic acids is 4. The first-order valence-corrected chi connectivity index (χ1v) is 19.5. The summed E-state index contributed by atoms with van der Waals surface area (Å²) in [6, 6.07) is 13.8. The van der Waals surface area contributed by atoms with Crippen LogP contribution in [0.2, 0.25) is 0 Å². The highest BCUT2D eigenvalue weighted by atomic mass is 32.2. The second kappa shape index (κ2) is 21.2. The summed E-state index contributed by atoms with van der Waals surface area (Å²) in [6.45, 7) is 2.81. The third kappa shape index (κ3) is 14.5. The van der Waals surface area contributed by atoms with Gasteiger partial charge in [-0.3, -0.25) is 24.6 Å². The summed E-state index contributed by atoms with van der Waals surface area (Å²) in [6.07, 6.45) is 6.79. The minimum absolute atomic E-state index is 0.0647. The van der Waals surface area contributed by atoms with Gasteiger partial charge in [-0.05, 0) is 49.7 Å². The third-order valence-electron chi connectivity index (χ3n) is 9.21. The van der Waals surface area contributed by atoms with Gasteiger partial charge in [-0.2, -0.15) is 4.31 Å². The molecule has 2 atom stereocenters. The molecule has 0 saturated heterocycles. The van der Waals surface area contributed by atoms with Gasteiger partial charge in [0, 0.05) is 45.1 Å². The molecule has 1 fully saturated rings. The zero-order valence-electron chi connectivity index (χ0n) is 29.9. The molecule has 0 bridgehead atoms. The van der Waals surface area contributed by atoms with Gasteiger partial charge in [0.05, 0.1) is 5.75 Å². The van der Waals surface area contributed by atoms with Gasteiger partial charge in [-0.1, -0.05) is 86.7 Å². The van der Waals surface area contributed by atoms with E-state index < -0.39 is 33.9 Å².